The maximum atomic E-state index is 12.0. The lowest BCUT2D eigenvalue weighted by atomic mass is 9.89. The molecular formula is C15H30N2O. The summed E-state index contributed by atoms with van der Waals surface area (Å²) in [4.78, 5) is 13.9. The molecule has 18 heavy (non-hydrogen) atoms. The molecule has 0 aromatic carbocycles. The van der Waals surface area contributed by atoms with E-state index in [0.717, 1.165) is 25.4 Å². The van der Waals surface area contributed by atoms with Crippen LogP contribution in [0.15, 0.2) is 0 Å². The quantitative estimate of drug-likeness (QED) is 0.709. The lowest BCUT2D eigenvalue weighted by Gasteiger charge is -2.27. The largest absolute Gasteiger partial charge is 0.345 e. The first kappa shape index (κ1) is 15.5. The van der Waals surface area contributed by atoms with Gasteiger partial charge in [-0.05, 0) is 31.7 Å². The molecular weight excluding hydrogens is 224 g/mol. The third-order valence-corrected chi connectivity index (χ3v) is 3.80. The van der Waals surface area contributed by atoms with Gasteiger partial charge in [0.1, 0.15) is 0 Å². The van der Waals surface area contributed by atoms with Crippen LogP contribution in [0.25, 0.3) is 0 Å². The highest BCUT2D eigenvalue weighted by Gasteiger charge is 2.17. The number of hydrogen-bond donors (Lipinski definition) is 1. The van der Waals surface area contributed by atoms with Crippen molar-refractivity contribution in [1.82, 2.24) is 10.2 Å². The Balaban J connectivity index is 2.11. The van der Waals surface area contributed by atoms with Gasteiger partial charge < -0.3 is 10.2 Å². The molecule has 3 heteroatoms. The maximum Gasteiger partial charge on any atom is 0.222 e. The summed E-state index contributed by atoms with van der Waals surface area (Å²) in [6, 6.07) is 0.514. The van der Waals surface area contributed by atoms with Gasteiger partial charge in [0.25, 0.3) is 0 Å². The van der Waals surface area contributed by atoms with E-state index in [0.29, 0.717) is 18.4 Å². The molecule has 1 amide bonds. The highest BCUT2D eigenvalue weighted by Crippen LogP contribution is 2.24. The van der Waals surface area contributed by atoms with E-state index < -0.39 is 0 Å². The molecule has 0 bridgehead atoms. The Bertz CT molecular complexity index is 235. The van der Waals surface area contributed by atoms with Gasteiger partial charge in [-0.15, -0.1) is 0 Å². The highest BCUT2D eigenvalue weighted by molar-refractivity contribution is 5.75. The molecule has 0 saturated heterocycles. The molecule has 1 fully saturated rings. The first-order valence-electron chi connectivity index (χ1n) is 7.57. The molecule has 1 N–H and O–H groups in total. The van der Waals surface area contributed by atoms with Crippen LogP contribution in [0.3, 0.4) is 0 Å². The van der Waals surface area contributed by atoms with Gasteiger partial charge >= 0.3 is 0 Å². The lowest BCUT2D eigenvalue weighted by molar-refractivity contribution is -0.130. The molecule has 0 aliphatic heterocycles. The van der Waals surface area contributed by atoms with Crippen molar-refractivity contribution in [3.63, 3.8) is 0 Å². The summed E-state index contributed by atoms with van der Waals surface area (Å²) in [7, 11) is 1.97. The second kappa shape index (κ2) is 8.52. The van der Waals surface area contributed by atoms with E-state index in [1.54, 1.807) is 0 Å². The van der Waals surface area contributed by atoms with Crippen LogP contribution in [0.5, 0.6) is 0 Å². The van der Waals surface area contributed by atoms with Crippen molar-refractivity contribution in [3.05, 3.63) is 0 Å². The number of nitrogens with one attached hydrogen (secondary N) is 1. The van der Waals surface area contributed by atoms with Gasteiger partial charge in [-0.25, -0.2) is 0 Å². The number of carbonyl (C=O) groups excluding carboxylic acids is 1. The molecule has 0 radical (unpaired) electrons. The molecule has 1 aliphatic rings. The van der Waals surface area contributed by atoms with Crippen molar-refractivity contribution in [2.45, 2.75) is 64.8 Å². The van der Waals surface area contributed by atoms with Crippen LogP contribution in [0, 0.1) is 5.92 Å². The normalized spacial score (nSPS) is 17.1. The Hall–Kier alpha value is -0.570. The van der Waals surface area contributed by atoms with E-state index >= 15 is 0 Å². The fraction of sp³-hybridized carbons (Fsp3) is 0.933. The molecule has 1 aliphatic carbocycles. The summed E-state index contributed by atoms with van der Waals surface area (Å²) in [6.07, 6.45) is 8.35. The number of nitrogens with zero attached hydrogens (tertiary/aromatic N) is 1. The van der Waals surface area contributed by atoms with E-state index in [-0.39, 0.29) is 0 Å². The van der Waals surface area contributed by atoms with Gasteiger partial charge in [0, 0.05) is 26.1 Å². The molecule has 0 unspecified atom stereocenters. The minimum Gasteiger partial charge on any atom is -0.345 e. The standard InChI is InChI=1S/C15H30N2O/c1-13(2)16-11-7-10-15(18)17(3)12-14-8-5-4-6-9-14/h13-14,16H,4-12H2,1-3H3. The van der Waals surface area contributed by atoms with E-state index in [4.69, 9.17) is 0 Å². The van der Waals surface area contributed by atoms with E-state index in [1.165, 1.54) is 32.1 Å². The van der Waals surface area contributed by atoms with Crippen molar-refractivity contribution >= 4 is 5.91 Å². The average molecular weight is 254 g/mol. The van der Waals surface area contributed by atoms with Crippen molar-refractivity contribution < 1.29 is 4.79 Å². The topological polar surface area (TPSA) is 32.3 Å². The smallest absolute Gasteiger partial charge is 0.222 e. The van der Waals surface area contributed by atoms with Gasteiger partial charge in [0.15, 0.2) is 0 Å². The van der Waals surface area contributed by atoms with Crippen molar-refractivity contribution in [2.75, 3.05) is 20.1 Å². The lowest BCUT2D eigenvalue weighted by Crippen LogP contribution is -2.33. The first-order valence-corrected chi connectivity index (χ1v) is 7.57. The van der Waals surface area contributed by atoms with Crippen molar-refractivity contribution in [3.8, 4) is 0 Å². The molecule has 3 nitrogen and oxygen atoms in total. The Morgan fingerprint density at radius 2 is 1.94 bits per heavy atom. The molecule has 0 spiro atoms. The maximum absolute atomic E-state index is 12.0. The number of hydrogen-bond acceptors (Lipinski definition) is 2. The predicted octanol–water partition coefficient (Wildman–Crippen LogP) is 2.80. The zero-order valence-electron chi connectivity index (χ0n) is 12.4. The molecule has 1 saturated carbocycles. The summed E-state index contributed by atoms with van der Waals surface area (Å²) in [5.41, 5.74) is 0. The second-order valence-corrected chi connectivity index (χ2v) is 5.99. The summed E-state index contributed by atoms with van der Waals surface area (Å²) < 4.78 is 0. The van der Waals surface area contributed by atoms with Crippen LogP contribution >= 0.6 is 0 Å². The zero-order valence-corrected chi connectivity index (χ0v) is 12.4. The van der Waals surface area contributed by atoms with Gasteiger partial charge in [-0.3, -0.25) is 4.79 Å². The fourth-order valence-electron chi connectivity index (χ4n) is 2.68. The molecule has 106 valence electrons. The van der Waals surface area contributed by atoms with Crippen LogP contribution in [0.1, 0.15) is 58.8 Å². The van der Waals surface area contributed by atoms with Crippen LogP contribution in [0.4, 0.5) is 0 Å². The Morgan fingerprint density at radius 3 is 2.56 bits per heavy atom. The minimum atomic E-state index is 0.311. The average Bonchev–Trinajstić information content (AvgIpc) is 2.35. The van der Waals surface area contributed by atoms with Crippen LogP contribution in [-0.4, -0.2) is 37.0 Å². The number of rotatable bonds is 7. The highest BCUT2D eigenvalue weighted by atomic mass is 16.2. The molecule has 0 aromatic rings. The summed E-state index contributed by atoms with van der Waals surface area (Å²) in [5.74, 6) is 1.06. The Morgan fingerprint density at radius 1 is 1.28 bits per heavy atom. The van der Waals surface area contributed by atoms with Gasteiger partial charge in [0.2, 0.25) is 5.91 Å². The minimum absolute atomic E-state index is 0.311. The van der Waals surface area contributed by atoms with Crippen LogP contribution in [0.2, 0.25) is 0 Å². The fourth-order valence-corrected chi connectivity index (χ4v) is 2.68. The van der Waals surface area contributed by atoms with Crippen molar-refractivity contribution in [2.24, 2.45) is 5.92 Å². The summed E-state index contributed by atoms with van der Waals surface area (Å²) in [5, 5.41) is 3.35. The molecule has 0 heterocycles. The Labute approximate surface area is 112 Å². The predicted molar refractivity (Wildman–Crippen MR) is 76.6 cm³/mol. The number of amides is 1. The van der Waals surface area contributed by atoms with Crippen LogP contribution in [-0.2, 0) is 4.79 Å². The number of carbonyl (C=O) groups is 1. The van der Waals surface area contributed by atoms with Crippen molar-refractivity contribution in [1.29, 1.82) is 0 Å². The zero-order chi connectivity index (χ0) is 13.4. The first-order chi connectivity index (χ1) is 8.59. The van der Waals surface area contributed by atoms with E-state index in [2.05, 4.69) is 19.2 Å². The third kappa shape index (κ3) is 6.39. The van der Waals surface area contributed by atoms with E-state index in [1.807, 2.05) is 11.9 Å². The van der Waals surface area contributed by atoms with Gasteiger partial charge in [-0.2, -0.15) is 0 Å². The third-order valence-electron chi connectivity index (χ3n) is 3.80. The van der Waals surface area contributed by atoms with Gasteiger partial charge in [-0.1, -0.05) is 33.1 Å². The Kier molecular flexibility index (Phi) is 7.33. The monoisotopic (exact) mass is 254 g/mol. The molecule has 0 aromatic heterocycles. The SMILES string of the molecule is CC(C)NCCCC(=O)N(C)CC1CCCCC1. The second-order valence-electron chi connectivity index (χ2n) is 5.99. The molecule has 1 rings (SSSR count). The van der Waals surface area contributed by atoms with Gasteiger partial charge in [0.05, 0.1) is 0 Å². The summed E-state index contributed by atoms with van der Waals surface area (Å²) >= 11 is 0. The van der Waals surface area contributed by atoms with E-state index in [9.17, 15) is 4.79 Å². The van der Waals surface area contributed by atoms with Crippen LogP contribution < -0.4 is 5.32 Å². The summed E-state index contributed by atoms with van der Waals surface area (Å²) in [6.45, 7) is 6.19. The molecule has 0 atom stereocenters.